The van der Waals surface area contributed by atoms with Crippen molar-refractivity contribution in [1.29, 1.82) is 0 Å². The van der Waals surface area contributed by atoms with Gasteiger partial charge in [0.15, 0.2) is 16.6 Å². The molecule has 1 aromatic carbocycles. The maximum Gasteiger partial charge on any atom is 0.338 e. The standard InChI is InChI=1S/C30H58O5Si4/c1-11-15-26-16-18-27(19-17-26)28-20-22-29(23-21-28)30(31)32-24-13-12-14-25-39(10,34-37(5,6)7)35-38(8,9)33-36(2,3)4/h20-23,26-27H,11-19,24-25H2,1-10H3. The molecular weight excluding hydrogens is 553 g/mol. The molecule has 0 amide bonds. The summed E-state index contributed by atoms with van der Waals surface area (Å²) in [4.78, 5) is 12.6. The number of carbonyl (C=O) groups is 1. The fraction of sp³-hybridized carbons (Fsp3) is 0.767. The minimum Gasteiger partial charge on any atom is -0.462 e. The largest absolute Gasteiger partial charge is 0.462 e. The summed E-state index contributed by atoms with van der Waals surface area (Å²) in [6.45, 7) is 22.6. The first-order chi connectivity index (χ1) is 18.0. The maximum atomic E-state index is 12.6. The molecule has 1 unspecified atom stereocenters. The Labute approximate surface area is 244 Å². The first-order valence-corrected chi connectivity index (χ1v) is 27.5. The molecule has 1 atom stereocenters. The molecule has 1 aliphatic rings. The Morgan fingerprint density at radius 2 is 1.36 bits per heavy atom. The molecule has 1 fully saturated rings. The molecule has 1 aliphatic carbocycles. The molecule has 1 aromatic rings. The lowest BCUT2D eigenvalue weighted by Crippen LogP contribution is -2.56. The van der Waals surface area contributed by atoms with Crippen LogP contribution in [0.4, 0.5) is 0 Å². The van der Waals surface area contributed by atoms with Crippen molar-refractivity contribution in [3.8, 4) is 0 Å². The zero-order chi connectivity index (χ0) is 29.3. The maximum absolute atomic E-state index is 12.6. The Bertz CT molecular complexity index is 871. The number of carbonyl (C=O) groups excluding carboxylic acids is 1. The van der Waals surface area contributed by atoms with Gasteiger partial charge >= 0.3 is 23.1 Å². The van der Waals surface area contributed by atoms with Gasteiger partial charge in [0, 0.05) is 0 Å². The van der Waals surface area contributed by atoms with E-state index in [1.54, 1.807) is 0 Å². The van der Waals surface area contributed by atoms with Crippen molar-refractivity contribution in [3.63, 3.8) is 0 Å². The van der Waals surface area contributed by atoms with Crippen LogP contribution in [0.25, 0.3) is 0 Å². The SMILES string of the molecule is CCCC1CCC(c2ccc(C(=O)OCCCCC[Si](C)(O[Si](C)(C)C)O[Si](C)(C)O[Si](C)(C)C)cc2)CC1. The van der Waals surface area contributed by atoms with Gasteiger partial charge in [0.05, 0.1) is 12.2 Å². The van der Waals surface area contributed by atoms with Crippen molar-refractivity contribution in [1.82, 2.24) is 0 Å². The summed E-state index contributed by atoms with van der Waals surface area (Å²) in [5.74, 6) is 1.34. The highest BCUT2D eigenvalue weighted by Gasteiger charge is 2.44. The number of ether oxygens (including phenoxy) is 1. The van der Waals surface area contributed by atoms with E-state index in [-0.39, 0.29) is 5.97 Å². The third kappa shape index (κ3) is 13.8. The van der Waals surface area contributed by atoms with Crippen LogP contribution in [0.5, 0.6) is 0 Å². The first-order valence-electron chi connectivity index (χ1n) is 15.4. The van der Waals surface area contributed by atoms with Gasteiger partial charge in [0.1, 0.15) is 0 Å². The summed E-state index contributed by atoms with van der Waals surface area (Å²) >= 11 is 0. The Morgan fingerprint density at radius 3 is 1.90 bits per heavy atom. The fourth-order valence-electron chi connectivity index (χ4n) is 6.11. The molecule has 0 bridgehead atoms. The molecule has 0 radical (unpaired) electrons. The van der Waals surface area contributed by atoms with Gasteiger partial charge in [0.2, 0.25) is 0 Å². The van der Waals surface area contributed by atoms with Crippen LogP contribution in [0.1, 0.15) is 86.6 Å². The minimum atomic E-state index is -2.37. The molecule has 0 spiro atoms. The van der Waals surface area contributed by atoms with Crippen molar-refractivity contribution in [2.75, 3.05) is 6.61 Å². The van der Waals surface area contributed by atoms with Crippen LogP contribution in [-0.2, 0) is 17.1 Å². The molecule has 0 saturated heterocycles. The monoisotopic (exact) mass is 610 g/mol. The topological polar surface area (TPSA) is 54.0 Å². The third-order valence-electron chi connectivity index (χ3n) is 7.21. The first kappa shape index (κ1) is 34.6. The van der Waals surface area contributed by atoms with Crippen LogP contribution < -0.4 is 0 Å². The highest BCUT2D eigenvalue weighted by atomic mass is 28.5. The number of benzene rings is 1. The fourth-order valence-corrected chi connectivity index (χ4v) is 24.1. The Kier molecular flexibility index (Phi) is 13.4. The van der Waals surface area contributed by atoms with Gasteiger partial charge in [-0.25, -0.2) is 4.79 Å². The molecule has 5 nitrogen and oxygen atoms in total. The van der Waals surface area contributed by atoms with Gasteiger partial charge in [-0.05, 0) is 127 Å². The summed E-state index contributed by atoms with van der Waals surface area (Å²) in [5.41, 5.74) is 2.03. The lowest BCUT2D eigenvalue weighted by molar-refractivity contribution is 0.0497. The van der Waals surface area contributed by atoms with E-state index in [4.69, 9.17) is 17.1 Å². The molecular formula is C30H58O5Si4. The number of hydrogen-bond acceptors (Lipinski definition) is 5. The number of esters is 1. The molecule has 39 heavy (non-hydrogen) atoms. The third-order valence-corrected chi connectivity index (χ3v) is 20.8. The molecule has 9 heteroatoms. The lowest BCUT2D eigenvalue weighted by Gasteiger charge is -2.41. The second kappa shape index (κ2) is 15.1. The molecule has 0 heterocycles. The highest BCUT2D eigenvalue weighted by Crippen LogP contribution is 2.37. The minimum absolute atomic E-state index is 0.214. The average molecular weight is 611 g/mol. The van der Waals surface area contributed by atoms with E-state index in [1.165, 1.54) is 44.1 Å². The zero-order valence-electron chi connectivity index (χ0n) is 26.8. The van der Waals surface area contributed by atoms with E-state index >= 15 is 0 Å². The smallest absolute Gasteiger partial charge is 0.338 e. The van der Waals surface area contributed by atoms with Crippen LogP contribution in [0.15, 0.2) is 24.3 Å². The van der Waals surface area contributed by atoms with E-state index in [1.807, 2.05) is 12.1 Å². The van der Waals surface area contributed by atoms with Gasteiger partial charge in [-0.3, -0.25) is 0 Å². The van der Waals surface area contributed by atoms with E-state index in [9.17, 15) is 4.79 Å². The Balaban J connectivity index is 1.77. The van der Waals surface area contributed by atoms with E-state index in [2.05, 4.69) is 78.0 Å². The van der Waals surface area contributed by atoms with Crippen LogP contribution in [0.2, 0.25) is 65.0 Å². The summed E-state index contributed by atoms with van der Waals surface area (Å²) in [7, 11) is -8.09. The van der Waals surface area contributed by atoms with Gasteiger partial charge in [-0.1, -0.05) is 44.7 Å². The van der Waals surface area contributed by atoms with E-state index in [0.29, 0.717) is 18.1 Å². The second-order valence-electron chi connectivity index (χ2n) is 14.1. The second-order valence-corrected chi connectivity index (χ2v) is 30.6. The Morgan fingerprint density at radius 1 is 0.769 bits per heavy atom. The van der Waals surface area contributed by atoms with Crippen LogP contribution >= 0.6 is 0 Å². The van der Waals surface area contributed by atoms with E-state index < -0.39 is 33.8 Å². The number of rotatable bonds is 16. The normalized spacial score (nSPS) is 20.5. The summed E-state index contributed by atoms with van der Waals surface area (Å²) in [5, 5.41) is 0. The van der Waals surface area contributed by atoms with Gasteiger partial charge < -0.3 is 17.1 Å². The lowest BCUT2D eigenvalue weighted by atomic mass is 9.77. The van der Waals surface area contributed by atoms with Gasteiger partial charge in [-0.15, -0.1) is 0 Å². The number of hydrogen-bond donors (Lipinski definition) is 0. The quantitative estimate of drug-likeness (QED) is 0.106. The summed E-state index contributed by atoms with van der Waals surface area (Å²) in [6.07, 6.45) is 10.7. The van der Waals surface area contributed by atoms with Gasteiger partial charge in [0.25, 0.3) is 0 Å². The Hall–Kier alpha value is -0.562. The molecule has 0 aliphatic heterocycles. The van der Waals surface area contributed by atoms with Crippen molar-refractivity contribution in [2.24, 2.45) is 5.92 Å². The van der Waals surface area contributed by atoms with E-state index in [0.717, 1.165) is 31.2 Å². The van der Waals surface area contributed by atoms with Crippen LogP contribution in [0, 0.1) is 5.92 Å². The summed E-state index contributed by atoms with van der Waals surface area (Å²) in [6, 6.07) is 9.13. The van der Waals surface area contributed by atoms with Crippen LogP contribution in [0.3, 0.4) is 0 Å². The summed E-state index contributed by atoms with van der Waals surface area (Å²) < 4.78 is 25.5. The molecule has 224 valence electrons. The van der Waals surface area contributed by atoms with Crippen molar-refractivity contribution in [3.05, 3.63) is 35.4 Å². The molecule has 0 aromatic heterocycles. The number of unbranched alkanes of at least 4 members (excludes halogenated alkanes) is 2. The average Bonchev–Trinajstić information content (AvgIpc) is 2.78. The zero-order valence-corrected chi connectivity index (χ0v) is 30.8. The van der Waals surface area contributed by atoms with Crippen molar-refractivity contribution in [2.45, 2.75) is 136 Å². The van der Waals surface area contributed by atoms with Crippen molar-refractivity contribution >= 4 is 39.7 Å². The molecule has 0 N–H and O–H groups in total. The molecule has 1 saturated carbocycles. The predicted octanol–water partition coefficient (Wildman–Crippen LogP) is 9.58. The van der Waals surface area contributed by atoms with Crippen molar-refractivity contribution < 1.29 is 21.9 Å². The predicted molar refractivity (Wildman–Crippen MR) is 174 cm³/mol. The van der Waals surface area contributed by atoms with Crippen LogP contribution in [-0.4, -0.2) is 46.3 Å². The molecule has 2 rings (SSSR count). The highest BCUT2D eigenvalue weighted by molar-refractivity contribution is 6.89. The van der Waals surface area contributed by atoms with Gasteiger partial charge in [-0.2, -0.15) is 0 Å².